The minimum absolute atomic E-state index is 0.0451. The molecule has 0 atom stereocenters. The third-order valence-electron chi connectivity index (χ3n) is 4.10. The summed E-state index contributed by atoms with van der Waals surface area (Å²) in [5.41, 5.74) is 5.34. The Labute approximate surface area is 185 Å². The maximum atomic E-state index is 13.6. The number of amides is 1. The van der Waals surface area contributed by atoms with E-state index in [1.165, 1.54) is 54.6 Å². The molecular weight excluding hydrogens is 473 g/mol. The first-order chi connectivity index (χ1) is 14.6. The van der Waals surface area contributed by atoms with Crippen LogP contribution in [0, 0.1) is 5.82 Å². The molecule has 0 aliphatic rings. The lowest BCUT2D eigenvalue weighted by Gasteiger charge is -2.26. The summed E-state index contributed by atoms with van der Waals surface area (Å²) in [6.45, 7) is 0. The third-order valence-corrected chi connectivity index (χ3v) is 6.88. The molecule has 0 fully saturated rings. The number of halogens is 4. The van der Waals surface area contributed by atoms with Crippen LogP contribution in [0.5, 0.6) is 0 Å². The van der Waals surface area contributed by atoms with E-state index in [0.717, 1.165) is 16.4 Å². The summed E-state index contributed by atoms with van der Waals surface area (Å²) < 4.78 is 66.5. The number of nitrogens with zero attached hydrogens (tertiary/aromatic N) is 1. The second-order valence-corrected chi connectivity index (χ2v) is 9.38. The van der Waals surface area contributed by atoms with Gasteiger partial charge in [-0.2, -0.15) is 8.78 Å². The molecule has 1 amide bonds. The van der Waals surface area contributed by atoms with Crippen LogP contribution >= 0.6 is 23.4 Å². The fraction of sp³-hybridized carbons (Fsp3) is 0.0500. The molecule has 0 spiro atoms. The van der Waals surface area contributed by atoms with E-state index in [4.69, 9.17) is 17.3 Å². The molecule has 3 aromatic carbocycles. The predicted molar refractivity (Wildman–Crippen MR) is 114 cm³/mol. The lowest BCUT2D eigenvalue weighted by Crippen LogP contribution is -2.26. The first-order valence-electron chi connectivity index (χ1n) is 8.55. The maximum absolute atomic E-state index is 13.6. The first-order valence-corrected chi connectivity index (χ1v) is 11.2. The van der Waals surface area contributed by atoms with Crippen LogP contribution in [0.3, 0.4) is 0 Å². The number of anilines is 2. The van der Waals surface area contributed by atoms with Crippen molar-refractivity contribution in [3.63, 3.8) is 0 Å². The third kappa shape index (κ3) is 5.15. The van der Waals surface area contributed by atoms with Gasteiger partial charge in [0.2, 0.25) is 5.91 Å². The van der Waals surface area contributed by atoms with E-state index in [-0.39, 0.29) is 31.8 Å². The lowest BCUT2D eigenvalue weighted by molar-refractivity contribution is 0.1000. The quantitative estimate of drug-likeness (QED) is 0.452. The van der Waals surface area contributed by atoms with Crippen molar-refractivity contribution in [1.29, 1.82) is 0 Å². The Kier molecular flexibility index (Phi) is 6.83. The van der Waals surface area contributed by atoms with Gasteiger partial charge in [-0.25, -0.2) is 17.1 Å². The highest BCUT2D eigenvalue weighted by atomic mass is 35.5. The number of carbonyl (C=O) groups is 1. The number of alkyl halides is 2. The van der Waals surface area contributed by atoms with Gasteiger partial charge in [0.25, 0.3) is 15.8 Å². The van der Waals surface area contributed by atoms with Gasteiger partial charge in [0.05, 0.1) is 21.3 Å². The Morgan fingerprint density at radius 1 is 1.00 bits per heavy atom. The van der Waals surface area contributed by atoms with Crippen molar-refractivity contribution in [1.82, 2.24) is 0 Å². The summed E-state index contributed by atoms with van der Waals surface area (Å²) in [7, 11) is -4.30. The molecule has 3 rings (SSSR count). The molecule has 0 saturated carbocycles. The van der Waals surface area contributed by atoms with Gasteiger partial charge in [0.1, 0.15) is 5.82 Å². The lowest BCUT2D eigenvalue weighted by atomic mass is 10.2. The van der Waals surface area contributed by atoms with E-state index in [2.05, 4.69) is 0 Å². The van der Waals surface area contributed by atoms with Crippen molar-refractivity contribution in [3.05, 3.63) is 83.1 Å². The predicted octanol–water partition coefficient (Wildman–Crippen LogP) is 5.42. The fourth-order valence-electron chi connectivity index (χ4n) is 2.71. The SMILES string of the molecule is NC(=O)c1ccc(S(=O)(=O)N(c2ccc(SC(F)F)cc2)c2ccc(F)cc2Cl)cc1. The zero-order valence-electron chi connectivity index (χ0n) is 15.5. The number of primary amides is 1. The largest absolute Gasteiger partial charge is 0.366 e. The number of benzene rings is 3. The summed E-state index contributed by atoms with van der Waals surface area (Å²) in [6.07, 6.45) is 0. The van der Waals surface area contributed by atoms with Gasteiger partial charge >= 0.3 is 0 Å². The molecular formula is C20H14ClF3N2O3S2. The maximum Gasteiger partial charge on any atom is 0.288 e. The summed E-state index contributed by atoms with van der Waals surface area (Å²) in [6, 6.07) is 13.4. The number of rotatable bonds is 7. The van der Waals surface area contributed by atoms with Gasteiger partial charge in [0.15, 0.2) is 0 Å². The second-order valence-electron chi connectivity index (χ2n) is 6.13. The summed E-state index contributed by atoms with van der Waals surface area (Å²) in [4.78, 5) is 11.3. The minimum atomic E-state index is -4.30. The van der Waals surface area contributed by atoms with Crippen LogP contribution < -0.4 is 10.0 Å². The van der Waals surface area contributed by atoms with Crippen LogP contribution in [0.2, 0.25) is 5.02 Å². The summed E-state index contributed by atoms with van der Waals surface area (Å²) in [5.74, 6) is -4.03. The molecule has 3 aromatic rings. The first kappa shape index (κ1) is 23.0. The number of hydrogen-bond acceptors (Lipinski definition) is 4. The number of hydrogen-bond donors (Lipinski definition) is 1. The Morgan fingerprint density at radius 3 is 2.13 bits per heavy atom. The highest BCUT2D eigenvalue weighted by Gasteiger charge is 2.29. The molecule has 0 radical (unpaired) electrons. The Hall–Kier alpha value is -2.69. The van der Waals surface area contributed by atoms with Crippen LogP contribution in [0.4, 0.5) is 24.5 Å². The Balaban J connectivity index is 2.14. The zero-order valence-corrected chi connectivity index (χ0v) is 17.9. The van der Waals surface area contributed by atoms with Crippen LogP contribution in [-0.4, -0.2) is 20.1 Å². The topological polar surface area (TPSA) is 80.5 Å². The molecule has 0 unspecified atom stereocenters. The molecule has 0 bridgehead atoms. The number of sulfonamides is 1. The van der Waals surface area contributed by atoms with Crippen LogP contribution in [0.1, 0.15) is 10.4 Å². The second kappa shape index (κ2) is 9.21. The molecule has 31 heavy (non-hydrogen) atoms. The number of carbonyl (C=O) groups excluding carboxylic acids is 1. The fourth-order valence-corrected chi connectivity index (χ4v) is 5.02. The van der Waals surface area contributed by atoms with Gasteiger partial charge in [-0.1, -0.05) is 23.4 Å². The van der Waals surface area contributed by atoms with Crippen LogP contribution in [0.25, 0.3) is 0 Å². The van der Waals surface area contributed by atoms with Gasteiger partial charge < -0.3 is 5.73 Å². The van der Waals surface area contributed by atoms with E-state index in [9.17, 15) is 26.4 Å². The summed E-state index contributed by atoms with van der Waals surface area (Å²) >= 11 is 6.43. The summed E-state index contributed by atoms with van der Waals surface area (Å²) in [5, 5.41) is -0.177. The highest BCUT2D eigenvalue weighted by Crippen LogP contribution is 2.38. The Bertz CT molecular complexity index is 1210. The van der Waals surface area contributed by atoms with Gasteiger partial charge in [-0.3, -0.25) is 4.79 Å². The molecule has 0 aliphatic heterocycles. The van der Waals surface area contributed by atoms with Crippen molar-refractivity contribution in [2.24, 2.45) is 5.73 Å². The highest BCUT2D eigenvalue weighted by molar-refractivity contribution is 7.99. The van der Waals surface area contributed by atoms with Crippen molar-refractivity contribution in [2.75, 3.05) is 4.31 Å². The van der Waals surface area contributed by atoms with E-state index in [1.54, 1.807) is 0 Å². The Morgan fingerprint density at radius 2 is 1.61 bits per heavy atom. The number of thioether (sulfide) groups is 1. The van der Waals surface area contributed by atoms with Crippen molar-refractivity contribution < 1.29 is 26.4 Å². The minimum Gasteiger partial charge on any atom is -0.366 e. The van der Waals surface area contributed by atoms with Crippen molar-refractivity contribution in [2.45, 2.75) is 15.5 Å². The monoisotopic (exact) mass is 486 g/mol. The number of nitrogens with two attached hydrogens (primary N) is 1. The molecule has 0 aliphatic carbocycles. The normalized spacial score (nSPS) is 11.5. The average molecular weight is 487 g/mol. The van der Waals surface area contributed by atoms with Gasteiger partial charge in [0, 0.05) is 10.5 Å². The standard InChI is InChI=1S/C20H14ClF3N2O3S2/c21-17-11-13(22)3-10-18(17)26(14-4-6-15(7-5-14)30-20(23)24)31(28,29)16-8-1-12(2-9-16)19(25)27/h1-11,20H,(H2,25,27). The van der Waals surface area contributed by atoms with E-state index in [0.29, 0.717) is 11.8 Å². The van der Waals surface area contributed by atoms with E-state index in [1.807, 2.05) is 0 Å². The molecule has 0 aromatic heterocycles. The van der Waals surface area contributed by atoms with Crippen molar-refractivity contribution >= 4 is 50.7 Å². The molecule has 0 saturated heterocycles. The van der Waals surface area contributed by atoms with Crippen molar-refractivity contribution in [3.8, 4) is 0 Å². The van der Waals surface area contributed by atoms with E-state index >= 15 is 0 Å². The molecule has 2 N–H and O–H groups in total. The zero-order chi connectivity index (χ0) is 22.8. The average Bonchev–Trinajstić information content (AvgIpc) is 2.70. The van der Waals surface area contributed by atoms with Gasteiger partial charge in [-0.05, 0) is 66.7 Å². The smallest absolute Gasteiger partial charge is 0.288 e. The molecule has 11 heteroatoms. The van der Waals surface area contributed by atoms with Crippen LogP contribution in [0.15, 0.2) is 76.5 Å². The van der Waals surface area contributed by atoms with Gasteiger partial charge in [-0.15, -0.1) is 0 Å². The van der Waals surface area contributed by atoms with E-state index < -0.39 is 27.5 Å². The molecule has 162 valence electrons. The molecule has 5 nitrogen and oxygen atoms in total. The van der Waals surface area contributed by atoms with Crippen LogP contribution in [-0.2, 0) is 10.0 Å². The molecule has 0 heterocycles.